The lowest BCUT2D eigenvalue weighted by Crippen LogP contribution is -2.30. The maximum absolute atomic E-state index is 4.68. The highest BCUT2D eigenvalue weighted by Gasteiger charge is 2.25. The summed E-state index contributed by atoms with van der Waals surface area (Å²) in [5, 5.41) is 3.32. The second-order valence-corrected chi connectivity index (χ2v) is 4.96. The Morgan fingerprint density at radius 1 is 1.44 bits per heavy atom. The van der Waals surface area contributed by atoms with Crippen molar-refractivity contribution < 1.29 is 0 Å². The Labute approximate surface area is 110 Å². The summed E-state index contributed by atoms with van der Waals surface area (Å²) in [7, 11) is 0. The first-order valence-corrected chi connectivity index (χ1v) is 7.06. The van der Waals surface area contributed by atoms with Crippen molar-refractivity contribution in [3.8, 4) is 0 Å². The van der Waals surface area contributed by atoms with E-state index in [2.05, 4.69) is 41.0 Å². The number of hydrogen-bond acceptors (Lipinski definition) is 4. The molecule has 4 nitrogen and oxygen atoms in total. The van der Waals surface area contributed by atoms with Gasteiger partial charge in [0.05, 0.1) is 0 Å². The molecule has 1 N–H and O–H groups in total. The van der Waals surface area contributed by atoms with Crippen molar-refractivity contribution in [2.24, 2.45) is 0 Å². The van der Waals surface area contributed by atoms with E-state index in [-0.39, 0.29) is 0 Å². The van der Waals surface area contributed by atoms with Crippen LogP contribution < -0.4 is 10.2 Å². The molecule has 0 bridgehead atoms. The third-order valence-corrected chi connectivity index (χ3v) is 3.74. The summed E-state index contributed by atoms with van der Waals surface area (Å²) in [5.74, 6) is 0.914. The van der Waals surface area contributed by atoms with E-state index >= 15 is 0 Å². The van der Waals surface area contributed by atoms with Crippen molar-refractivity contribution in [2.45, 2.75) is 52.6 Å². The van der Waals surface area contributed by atoms with Crippen LogP contribution in [-0.4, -0.2) is 29.1 Å². The number of hydrogen-bond donors (Lipinski definition) is 1. The lowest BCUT2D eigenvalue weighted by Gasteiger charge is -2.24. The molecule has 1 aromatic heterocycles. The highest BCUT2D eigenvalue weighted by atomic mass is 15.3. The van der Waals surface area contributed by atoms with Gasteiger partial charge in [-0.15, -0.1) is 0 Å². The van der Waals surface area contributed by atoms with E-state index < -0.39 is 0 Å². The van der Waals surface area contributed by atoms with Crippen LogP contribution in [0.1, 0.15) is 44.4 Å². The van der Waals surface area contributed by atoms with E-state index in [1.165, 1.54) is 24.8 Å². The number of nitrogens with zero attached hydrogens (tertiary/aromatic N) is 3. The van der Waals surface area contributed by atoms with Crippen LogP contribution in [-0.2, 0) is 6.54 Å². The van der Waals surface area contributed by atoms with E-state index in [4.69, 9.17) is 0 Å². The van der Waals surface area contributed by atoms with Crippen molar-refractivity contribution in [1.29, 1.82) is 0 Å². The zero-order valence-electron chi connectivity index (χ0n) is 11.7. The molecule has 0 aliphatic carbocycles. The van der Waals surface area contributed by atoms with E-state index in [1.54, 1.807) is 0 Å². The van der Waals surface area contributed by atoms with Crippen LogP contribution in [0.4, 0.5) is 5.95 Å². The minimum atomic E-state index is 0.629. The largest absolute Gasteiger partial charge is 0.338 e. The minimum Gasteiger partial charge on any atom is -0.338 e. The van der Waals surface area contributed by atoms with Crippen LogP contribution in [0.2, 0.25) is 0 Å². The van der Waals surface area contributed by atoms with Gasteiger partial charge in [-0.25, -0.2) is 9.97 Å². The molecule has 0 aromatic carbocycles. The molecule has 1 atom stereocenters. The Morgan fingerprint density at radius 2 is 2.28 bits per heavy atom. The molecule has 1 aromatic rings. The average molecular weight is 248 g/mol. The zero-order chi connectivity index (χ0) is 13.0. The van der Waals surface area contributed by atoms with Gasteiger partial charge >= 0.3 is 0 Å². The van der Waals surface area contributed by atoms with Gasteiger partial charge in [0.2, 0.25) is 5.95 Å². The first-order chi connectivity index (χ1) is 8.76. The molecular weight excluding hydrogens is 224 g/mol. The standard InChI is InChI=1S/C14H24N4/c1-4-13-7-6-8-18(13)14-16-10-12(9-15-5-2)11(3)17-14/h10,13,15H,4-9H2,1-3H3. The normalized spacial score (nSPS) is 19.5. The molecule has 1 aliphatic rings. The van der Waals surface area contributed by atoms with Gasteiger partial charge in [-0.1, -0.05) is 13.8 Å². The van der Waals surface area contributed by atoms with Gasteiger partial charge in [-0.3, -0.25) is 0 Å². The molecular formula is C14H24N4. The van der Waals surface area contributed by atoms with E-state index in [0.717, 1.165) is 31.3 Å². The molecule has 1 fully saturated rings. The zero-order valence-corrected chi connectivity index (χ0v) is 11.7. The van der Waals surface area contributed by atoms with Gasteiger partial charge in [0.25, 0.3) is 0 Å². The first-order valence-electron chi connectivity index (χ1n) is 7.06. The topological polar surface area (TPSA) is 41.1 Å². The minimum absolute atomic E-state index is 0.629. The summed E-state index contributed by atoms with van der Waals surface area (Å²) in [6.45, 7) is 9.38. The molecule has 0 saturated carbocycles. The van der Waals surface area contributed by atoms with Crippen LogP contribution in [0.25, 0.3) is 0 Å². The summed E-state index contributed by atoms with van der Waals surface area (Å²) in [6.07, 6.45) is 5.70. The fraction of sp³-hybridized carbons (Fsp3) is 0.714. The summed E-state index contributed by atoms with van der Waals surface area (Å²) >= 11 is 0. The number of rotatable bonds is 5. The van der Waals surface area contributed by atoms with Crippen LogP contribution in [0.5, 0.6) is 0 Å². The molecule has 0 radical (unpaired) electrons. The van der Waals surface area contributed by atoms with Crippen LogP contribution in [0.15, 0.2) is 6.20 Å². The summed E-state index contributed by atoms with van der Waals surface area (Å²) in [5.41, 5.74) is 2.30. The van der Waals surface area contributed by atoms with Gasteiger partial charge in [0.15, 0.2) is 0 Å². The third kappa shape index (κ3) is 2.80. The molecule has 1 aliphatic heterocycles. The van der Waals surface area contributed by atoms with Gasteiger partial charge in [-0.05, 0) is 32.7 Å². The lowest BCUT2D eigenvalue weighted by molar-refractivity contribution is 0.631. The fourth-order valence-electron chi connectivity index (χ4n) is 2.57. The Kier molecular flexibility index (Phi) is 4.53. The summed E-state index contributed by atoms with van der Waals surface area (Å²) in [4.78, 5) is 11.6. The quantitative estimate of drug-likeness (QED) is 0.868. The second kappa shape index (κ2) is 6.14. The molecule has 2 rings (SSSR count). The lowest BCUT2D eigenvalue weighted by atomic mass is 10.2. The average Bonchev–Trinajstić information content (AvgIpc) is 2.85. The molecule has 1 unspecified atom stereocenters. The predicted molar refractivity (Wildman–Crippen MR) is 74.8 cm³/mol. The molecule has 100 valence electrons. The van der Waals surface area contributed by atoms with Crippen LogP contribution in [0.3, 0.4) is 0 Å². The smallest absolute Gasteiger partial charge is 0.225 e. The Balaban J connectivity index is 2.12. The van der Waals surface area contributed by atoms with E-state index in [9.17, 15) is 0 Å². The molecule has 0 spiro atoms. The maximum Gasteiger partial charge on any atom is 0.225 e. The third-order valence-electron chi connectivity index (χ3n) is 3.74. The number of aryl methyl sites for hydroxylation is 1. The fourth-order valence-corrected chi connectivity index (χ4v) is 2.57. The van der Waals surface area contributed by atoms with Crippen molar-refractivity contribution >= 4 is 5.95 Å². The second-order valence-electron chi connectivity index (χ2n) is 4.96. The van der Waals surface area contributed by atoms with Crippen LogP contribution in [0, 0.1) is 6.92 Å². The number of anilines is 1. The number of aromatic nitrogens is 2. The van der Waals surface area contributed by atoms with Crippen LogP contribution >= 0.6 is 0 Å². The summed E-state index contributed by atoms with van der Waals surface area (Å²) in [6, 6.07) is 0.629. The van der Waals surface area contributed by atoms with Crippen molar-refractivity contribution in [2.75, 3.05) is 18.0 Å². The van der Waals surface area contributed by atoms with Gasteiger partial charge < -0.3 is 10.2 Å². The van der Waals surface area contributed by atoms with E-state index in [1.807, 2.05) is 6.20 Å². The summed E-state index contributed by atoms with van der Waals surface area (Å²) < 4.78 is 0. The maximum atomic E-state index is 4.68. The van der Waals surface area contributed by atoms with Crippen molar-refractivity contribution in [3.05, 3.63) is 17.5 Å². The van der Waals surface area contributed by atoms with Crippen molar-refractivity contribution in [3.63, 3.8) is 0 Å². The SMILES string of the molecule is CCNCc1cnc(N2CCCC2CC)nc1C. The van der Waals surface area contributed by atoms with Gasteiger partial charge in [0.1, 0.15) is 0 Å². The predicted octanol–water partition coefficient (Wildman–Crippen LogP) is 2.27. The van der Waals surface area contributed by atoms with Crippen molar-refractivity contribution in [1.82, 2.24) is 15.3 Å². The first kappa shape index (κ1) is 13.3. The Bertz CT molecular complexity index is 391. The highest BCUT2D eigenvalue weighted by molar-refractivity contribution is 5.35. The van der Waals surface area contributed by atoms with Gasteiger partial charge in [0, 0.05) is 36.6 Å². The van der Waals surface area contributed by atoms with E-state index in [0.29, 0.717) is 6.04 Å². The molecule has 2 heterocycles. The Hall–Kier alpha value is -1.16. The van der Waals surface area contributed by atoms with Gasteiger partial charge in [-0.2, -0.15) is 0 Å². The molecule has 18 heavy (non-hydrogen) atoms. The molecule has 0 amide bonds. The highest BCUT2D eigenvalue weighted by Crippen LogP contribution is 2.24. The monoisotopic (exact) mass is 248 g/mol. The number of nitrogens with one attached hydrogen (secondary N) is 1. The Morgan fingerprint density at radius 3 is 2.94 bits per heavy atom. The molecule has 1 saturated heterocycles. The molecule has 4 heteroatoms.